The molecule has 70 valence electrons. The summed E-state index contributed by atoms with van der Waals surface area (Å²) >= 11 is 0. The third kappa shape index (κ3) is 2.22. The minimum absolute atomic E-state index is 0.0604. The van der Waals surface area contributed by atoms with Crippen molar-refractivity contribution in [1.29, 1.82) is 0 Å². The van der Waals surface area contributed by atoms with Crippen molar-refractivity contribution in [2.24, 2.45) is 0 Å². The van der Waals surface area contributed by atoms with Crippen molar-refractivity contribution in [3.8, 4) is 12.3 Å². The van der Waals surface area contributed by atoms with Gasteiger partial charge in [-0.05, 0) is 6.92 Å². The molecule has 0 radical (unpaired) electrons. The Morgan fingerprint density at radius 3 is 2.92 bits per heavy atom. The summed E-state index contributed by atoms with van der Waals surface area (Å²) in [6, 6.07) is -0.236. The first-order chi connectivity index (χ1) is 6.15. The largest absolute Gasteiger partial charge is 0.347 e. The van der Waals surface area contributed by atoms with E-state index in [1.54, 1.807) is 6.92 Å². The number of carbonyl (C=O) groups is 2. The lowest BCUT2D eigenvalue weighted by atomic mass is 10.2. The molecular weight excluding hydrogens is 168 g/mol. The highest BCUT2D eigenvalue weighted by molar-refractivity contribution is 5.87. The molecule has 0 aromatic rings. The van der Waals surface area contributed by atoms with E-state index in [2.05, 4.69) is 11.2 Å². The normalized spacial score (nSPS) is 20.2. The molecule has 0 aliphatic carbocycles. The smallest absolute Gasteiger partial charge is 0.242 e. The van der Waals surface area contributed by atoms with Crippen molar-refractivity contribution in [3.05, 3.63) is 0 Å². The molecule has 0 saturated carbocycles. The van der Waals surface area contributed by atoms with Crippen molar-refractivity contribution in [1.82, 2.24) is 10.2 Å². The van der Waals surface area contributed by atoms with Crippen molar-refractivity contribution >= 4 is 11.8 Å². The minimum atomic E-state index is -0.236. The van der Waals surface area contributed by atoms with Gasteiger partial charge in [0.25, 0.3) is 0 Å². The van der Waals surface area contributed by atoms with Crippen LogP contribution in [-0.2, 0) is 9.59 Å². The van der Waals surface area contributed by atoms with Crippen LogP contribution in [0.2, 0.25) is 0 Å². The minimum Gasteiger partial charge on any atom is -0.347 e. The second-order valence-electron chi connectivity index (χ2n) is 2.96. The molecule has 1 saturated heterocycles. The number of terminal acetylenes is 1. The quantitative estimate of drug-likeness (QED) is 0.545. The SMILES string of the molecule is C#CC(C)N1CCC(=O)NCC1=O. The summed E-state index contributed by atoms with van der Waals surface area (Å²) in [5, 5.41) is 2.50. The maximum absolute atomic E-state index is 11.4. The number of nitrogens with zero attached hydrogens (tertiary/aromatic N) is 1. The standard InChI is InChI=1S/C9H12N2O2/c1-3-7(2)11-5-4-8(12)10-6-9(11)13/h1,7H,4-6H2,2H3,(H,10,12). The molecule has 1 rings (SSSR count). The lowest BCUT2D eigenvalue weighted by Gasteiger charge is -2.22. The third-order valence-corrected chi connectivity index (χ3v) is 2.05. The van der Waals surface area contributed by atoms with Gasteiger partial charge < -0.3 is 10.2 Å². The summed E-state index contributed by atoms with van der Waals surface area (Å²) in [5.41, 5.74) is 0. The Labute approximate surface area is 77.3 Å². The van der Waals surface area contributed by atoms with E-state index in [0.29, 0.717) is 13.0 Å². The van der Waals surface area contributed by atoms with Crippen LogP contribution in [0.15, 0.2) is 0 Å². The van der Waals surface area contributed by atoms with Crippen LogP contribution in [0.25, 0.3) is 0 Å². The zero-order valence-electron chi connectivity index (χ0n) is 7.54. The van der Waals surface area contributed by atoms with Crippen molar-refractivity contribution in [3.63, 3.8) is 0 Å². The molecule has 1 fully saturated rings. The molecule has 1 unspecified atom stereocenters. The highest BCUT2D eigenvalue weighted by Gasteiger charge is 2.22. The Morgan fingerprint density at radius 1 is 1.62 bits per heavy atom. The molecule has 4 heteroatoms. The van der Waals surface area contributed by atoms with Crippen LogP contribution in [0, 0.1) is 12.3 Å². The fraction of sp³-hybridized carbons (Fsp3) is 0.556. The molecular formula is C9H12N2O2. The third-order valence-electron chi connectivity index (χ3n) is 2.05. The number of amides is 2. The number of nitrogens with one attached hydrogen (secondary N) is 1. The second kappa shape index (κ2) is 3.94. The zero-order chi connectivity index (χ0) is 9.84. The average Bonchev–Trinajstić information content (AvgIpc) is 2.28. The van der Waals surface area contributed by atoms with Gasteiger partial charge in [-0.15, -0.1) is 6.42 Å². The predicted octanol–water partition coefficient (Wildman–Crippen LogP) is -0.643. The Bertz CT molecular complexity index is 267. The van der Waals surface area contributed by atoms with Gasteiger partial charge in [0.15, 0.2) is 0 Å². The van der Waals surface area contributed by atoms with E-state index in [4.69, 9.17) is 6.42 Å². The number of carbonyl (C=O) groups excluding carboxylic acids is 2. The zero-order valence-corrected chi connectivity index (χ0v) is 7.54. The molecule has 0 aromatic heterocycles. The Morgan fingerprint density at radius 2 is 2.31 bits per heavy atom. The van der Waals surface area contributed by atoms with Crippen LogP contribution in [0.3, 0.4) is 0 Å². The van der Waals surface area contributed by atoms with Gasteiger partial charge in [-0.3, -0.25) is 9.59 Å². The molecule has 1 N–H and O–H groups in total. The summed E-state index contributed by atoms with van der Waals surface area (Å²) in [5.74, 6) is 2.26. The molecule has 1 atom stereocenters. The first kappa shape index (κ1) is 9.59. The molecule has 1 heterocycles. The highest BCUT2D eigenvalue weighted by atomic mass is 16.2. The monoisotopic (exact) mass is 180 g/mol. The van der Waals surface area contributed by atoms with Gasteiger partial charge in [-0.1, -0.05) is 5.92 Å². The van der Waals surface area contributed by atoms with E-state index in [1.807, 2.05) is 0 Å². The first-order valence-corrected chi connectivity index (χ1v) is 4.17. The van der Waals surface area contributed by atoms with Gasteiger partial charge in [0.05, 0.1) is 12.6 Å². The average molecular weight is 180 g/mol. The van der Waals surface area contributed by atoms with E-state index >= 15 is 0 Å². The Kier molecular flexibility index (Phi) is 2.91. The molecule has 0 aromatic carbocycles. The summed E-state index contributed by atoms with van der Waals surface area (Å²) in [4.78, 5) is 23.9. The Balaban J connectivity index is 2.68. The van der Waals surface area contributed by atoms with Crippen molar-refractivity contribution < 1.29 is 9.59 Å². The second-order valence-corrected chi connectivity index (χ2v) is 2.96. The van der Waals surface area contributed by atoms with Crippen LogP contribution in [0.1, 0.15) is 13.3 Å². The summed E-state index contributed by atoms with van der Waals surface area (Å²) in [6.45, 7) is 2.24. The molecule has 1 aliphatic rings. The fourth-order valence-electron chi connectivity index (χ4n) is 1.21. The van der Waals surface area contributed by atoms with E-state index in [0.717, 1.165) is 0 Å². The molecule has 1 aliphatic heterocycles. The van der Waals surface area contributed by atoms with E-state index in [1.165, 1.54) is 4.90 Å². The van der Waals surface area contributed by atoms with Gasteiger partial charge in [0.2, 0.25) is 11.8 Å². The van der Waals surface area contributed by atoms with E-state index in [-0.39, 0.29) is 24.4 Å². The van der Waals surface area contributed by atoms with Gasteiger partial charge in [-0.2, -0.15) is 0 Å². The van der Waals surface area contributed by atoms with E-state index < -0.39 is 0 Å². The number of rotatable bonds is 1. The lowest BCUT2D eigenvalue weighted by molar-refractivity contribution is -0.130. The summed E-state index contributed by atoms with van der Waals surface area (Å²) in [6.07, 6.45) is 5.53. The summed E-state index contributed by atoms with van der Waals surface area (Å²) < 4.78 is 0. The maximum Gasteiger partial charge on any atom is 0.242 e. The maximum atomic E-state index is 11.4. The van der Waals surface area contributed by atoms with Gasteiger partial charge in [0.1, 0.15) is 0 Å². The lowest BCUT2D eigenvalue weighted by Crippen LogP contribution is -2.40. The van der Waals surface area contributed by atoms with Crippen LogP contribution >= 0.6 is 0 Å². The first-order valence-electron chi connectivity index (χ1n) is 4.17. The van der Waals surface area contributed by atoms with Gasteiger partial charge in [-0.25, -0.2) is 0 Å². The molecule has 2 amide bonds. The molecule has 4 nitrogen and oxygen atoms in total. The molecule has 0 spiro atoms. The van der Waals surface area contributed by atoms with Crippen LogP contribution < -0.4 is 5.32 Å². The van der Waals surface area contributed by atoms with Gasteiger partial charge in [0, 0.05) is 13.0 Å². The molecule has 13 heavy (non-hydrogen) atoms. The van der Waals surface area contributed by atoms with Crippen LogP contribution in [0.5, 0.6) is 0 Å². The van der Waals surface area contributed by atoms with Gasteiger partial charge >= 0.3 is 0 Å². The van der Waals surface area contributed by atoms with Crippen LogP contribution in [0.4, 0.5) is 0 Å². The summed E-state index contributed by atoms with van der Waals surface area (Å²) in [7, 11) is 0. The van der Waals surface area contributed by atoms with Crippen LogP contribution in [-0.4, -0.2) is 35.8 Å². The Hall–Kier alpha value is -1.50. The molecule has 0 bridgehead atoms. The van der Waals surface area contributed by atoms with Crippen molar-refractivity contribution in [2.75, 3.05) is 13.1 Å². The topological polar surface area (TPSA) is 49.4 Å². The van der Waals surface area contributed by atoms with Crippen molar-refractivity contribution in [2.45, 2.75) is 19.4 Å². The number of hydrogen-bond acceptors (Lipinski definition) is 2. The fourth-order valence-corrected chi connectivity index (χ4v) is 1.21. The number of hydrogen-bond donors (Lipinski definition) is 1. The van der Waals surface area contributed by atoms with E-state index in [9.17, 15) is 9.59 Å². The predicted molar refractivity (Wildman–Crippen MR) is 47.6 cm³/mol. The highest BCUT2D eigenvalue weighted by Crippen LogP contribution is 2.03.